The first-order valence-electron chi connectivity index (χ1n) is 5.79. The molecule has 0 fully saturated rings. The van der Waals surface area contributed by atoms with E-state index >= 15 is 0 Å². The van der Waals surface area contributed by atoms with Crippen molar-refractivity contribution in [3.05, 3.63) is 47.8 Å². The number of aryl methyl sites for hydroxylation is 1. The van der Waals surface area contributed by atoms with E-state index in [2.05, 4.69) is 22.3 Å². The molecule has 1 amide bonds. The van der Waals surface area contributed by atoms with Gasteiger partial charge >= 0.3 is 0 Å². The van der Waals surface area contributed by atoms with Crippen LogP contribution in [-0.4, -0.2) is 22.2 Å². The van der Waals surface area contributed by atoms with Crippen molar-refractivity contribution in [2.75, 3.05) is 11.9 Å². The minimum Gasteiger partial charge on any atom is -0.320 e. The van der Waals surface area contributed by atoms with Gasteiger partial charge in [-0.2, -0.15) is 5.10 Å². The van der Waals surface area contributed by atoms with Crippen LogP contribution in [0.25, 0.3) is 0 Å². The van der Waals surface area contributed by atoms with Crippen LogP contribution in [-0.2, 0) is 7.05 Å². The number of nitrogens with one attached hydrogen (secondary N) is 1. The molecule has 0 unspecified atom stereocenters. The first-order chi connectivity index (χ1) is 9.20. The summed E-state index contributed by atoms with van der Waals surface area (Å²) in [6, 6.07) is 8.97. The number of anilines is 1. The Labute approximate surface area is 111 Å². The maximum absolute atomic E-state index is 12.0. The zero-order valence-electron chi connectivity index (χ0n) is 10.6. The Kier molecular flexibility index (Phi) is 3.96. The largest absolute Gasteiger partial charge is 0.320 e. The van der Waals surface area contributed by atoms with Crippen molar-refractivity contribution in [1.29, 1.82) is 0 Å². The van der Waals surface area contributed by atoms with Crippen molar-refractivity contribution in [1.82, 2.24) is 9.78 Å². The molecule has 0 atom stereocenters. The second-order valence-electron chi connectivity index (χ2n) is 3.88. The number of hydrogen-bond acceptors (Lipinski definition) is 3. The van der Waals surface area contributed by atoms with Crippen LogP contribution in [0.5, 0.6) is 0 Å². The molecule has 0 spiro atoms. The van der Waals surface area contributed by atoms with Crippen LogP contribution >= 0.6 is 0 Å². The van der Waals surface area contributed by atoms with Gasteiger partial charge in [-0.25, -0.2) is 0 Å². The van der Waals surface area contributed by atoms with Crippen molar-refractivity contribution in [2.45, 2.75) is 0 Å². The van der Waals surface area contributed by atoms with E-state index in [1.54, 1.807) is 30.1 Å². The summed E-state index contributed by atoms with van der Waals surface area (Å²) in [6.07, 6.45) is 1.72. The molecule has 0 aliphatic carbocycles. The SMILES string of the molecule is Cn1ccc(C(=O)Nc2ccccc2C#CCN)n1. The van der Waals surface area contributed by atoms with Crippen LogP contribution in [0.3, 0.4) is 0 Å². The van der Waals surface area contributed by atoms with Gasteiger partial charge in [0.15, 0.2) is 5.69 Å². The van der Waals surface area contributed by atoms with Crippen LogP contribution in [0.15, 0.2) is 36.5 Å². The molecule has 96 valence electrons. The summed E-state index contributed by atoms with van der Waals surface area (Å²) in [5, 5.41) is 6.84. The van der Waals surface area contributed by atoms with Crippen molar-refractivity contribution in [3.63, 3.8) is 0 Å². The lowest BCUT2D eigenvalue weighted by Gasteiger charge is -2.05. The van der Waals surface area contributed by atoms with E-state index in [4.69, 9.17) is 5.73 Å². The molecule has 0 radical (unpaired) electrons. The number of para-hydroxylation sites is 1. The molecule has 1 aromatic carbocycles. The zero-order chi connectivity index (χ0) is 13.7. The van der Waals surface area contributed by atoms with Gasteiger partial charge in [0.2, 0.25) is 0 Å². The number of carbonyl (C=O) groups excluding carboxylic acids is 1. The van der Waals surface area contributed by atoms with Crippen molar-refractivity contribution in [3.8, 4) is 11.8 Å². The highest BCUT2D eigenvalue weighted by Gasteiger charge is 2.10. The second-order valence-corrected chi connectivity index (χ2v) is 3.88. The molecule has 0 saturated heterocycles. The lowest BCUT2D eigenvalue weighted by Crippen LogP contribution is -2.14. The fourth-order valence-electron chi connectivity index (χ4n) is 1.57. The average molecular weight is 254 g/mol. The maximum Gasteiger partial charge on any atom is 0.276 e. The lowest BCUT2D eigenvalue weighted by molar-refractivity contribution is 0.102. The van der Waals surface area contributed by atoms with Gasteiger partial charge in [-0.3, -0.25) is 9.48 Å². The van der Waals surface area contributed by atoms with Crippen molar-refractivity contribution >= 4 is 11.6 Å². The smallest absolute Gasteiger partial charge is 0.276 e. The molecule has 2 rings (SSSR count). The normalized spacial score (nSPS) is 9.58. The third-order valence-electron chi connectivity index (χ3n) is 2.45. The highest BCUT2D eigenvalue weighted by molar-refractivity contribution is 6.03. The predicted molar refractivity (Wildman–Crippen MR) is 73.5 cm³/mol. The Balaban J connectivity index is 2.21. The van der Waals surface area contributed by atoms with Gasteiger partial charge in [0.05, 0.1) is 12.2 Å². The van der Waals surface area contributed by atoms with E-state index in [1.807, 2.05) is 18.2 Å². The molecule has 5 nitrogen and oxygen atoms in total. The summed E-state index contributed by atoms with van der Waals surface area (Å²) >= 11 is 0. The Morgan fingerprint density at radius 2 is 2.21 bits per heavy atom. The molecule has 0 saturated carbocycles. The van der Waals surface area contributed by atoms with Crippen LogP contribution in [0.1, 0.15) is 16.1 Å². The van der Waals surface area contributed by atoms with Gasteiger partial charge in [0, 0.05) is 18.8 Å². The molecule has 2 aromatic rings. The average Bonchev–Trinajstić information content (AvgIpc) is 2.84. The summed E-state index contributed by atoms with van der Waals surface area (Å²) in [6.45, 7) is 0.280. The van der Waals surface area contributed by atoms with Gasteiger partial charge < -0.3 is 11.1 Å². The van der Waals surface area contributed by atoms with E-state index in [0.29, 0.717) is 11.4 Å². The molecule has 5 heteroatoms. The predicted octanol–water partition coefficient (Wildman–Crippen LogP) is 0.983. The van der Waals surface area contributed by atoms with E-state index in [0.717, 1.165) is 5.56 Å². The third kappa shape index (κ3) is 3.21. The number of carbonyl (C=O) groups is 1. The fourth-order valence-corrected chi connectivity index (χ4v) is 1.57. The minimum absolute atomic E-state index is 0.261. The summed E-state index contributed by atoms with van der Waals surface area (Å²) in [4.78, 5) is 12.0. The van der Waals surface area contributed by atoms with Gasteiger partial charge in [0.25, 0.3) is 5.91 Å². The van der Waals surface area contributed by atoms with Gasteiger partial charge in [-0.1, -0.05) is 24.0 Å². The number of nitrogens with zero attached hydrogens (tertiary/aromatic N) is 2. The first-order valence-corrected chi connectivity index (χ1v) is 5.79. The molecule has 0 aliphatic rings. The number of aromatic nitrogens is 2. The summed E-state index contributed by atoms with van der Waals surface area (Å²) in [5.41, 5.74) is 7.10. The number of benzene rings is 1. The molecule has 1 heterocycles. The van der Waals surface area contributed by atoms with Crippen molar-refractivity contribution in [2.24, 2.45) is 12.8 Å². The Morgan fingerprint density at radius 3 is 2.89 bits per heavy atom. The molecule has 1 aromatic heterocycles. The Morgan fingerprint density at radius 1 is 1.42 bits per heavy atom. The minimum atomic E-state index is -0.261. The molecule has 0 bridgehead atoms. The van der Waals surface area contributed by atoms with E-state index in [1.165, 1.54) is 0 Å². The molecular weight excluding hydrogens is 240 g/mol. The van der Waals surface area contributed by atoms with Crippen LogP contribution < -0.4 is 11.1 Å². The van der Waals surface area contributed by atoms with Crippen molar-refractivity contribution < 1.29 is 4.79 Å². The van der Waals surface area contributed by atoms with E-state index < -0.39 is 0 Å². The van der Waals surface area contributed by atoms with E-state index in [9.17, 15) is 4.79 Å². The van der Waals surface area contributed by atoms with E-state index in [-0.39, 0.29) is 12.5 Å². The van der Waals surface area contributed by atoms with Gasteiger partial charge in [-0.05, 0) is 18.2 Å². The highest BCUT2D eigenvalue weighted by atomic mass is 16.1. The third-order valence-corrected chi connectivity index (χ3v) is 2.45. The monoisotopic (exact) mass is 254 g/mol. The summed E-state index contributed by atoms with van der Waals surface area (Å²) in [7, 11) is 1.76. The first kappa shape index (κ1) is 12.9. The molecular formula is C14H14N4O. The Hall–Kier alpha value is -2.58. The van der Waals surface area contributed by atoms with Crippen LogP contribution in [0.2, 0.25) is 0 Å². The summed E-state index contributed by atoms with van der Waals surface area (Å²) in [5.74, 6) is 5.43. The zero-order valence-corrected chi connectivity index (χ0v) is 10.6. The Bertz CT molecular complexity index is 649. The summed E-state index contributed by atoms with van der Waals surface area (Å²) < 4.78 is 1.58. The molecule has 0 aliphatic heterocycles. The quantitative estimate of drug-likeness (QED) is 0.785. The number of amides is 1. The standard InChI is InChI=1S/C14H14N4O/c1-18-10-8-13(17-18)14(19)16-12-7-3-2-5-11(12)6-4-9-15/h2-3,5,7-8,10H,9,15H2,1H3,(H,16,19). The van der Waals surface area contributed by atoms with Crippen LogP contribution in [0, 0.1) is 11.8 Å². The second kappa shape index (κ2) is 5.85. The topological polar surface area (TPSA) is 72.9 Å². The lowest BCUT2D eigenvalue weighted by atomic mass is 10.2. The highest BCUT2D eigenvalue weighted by Crippen LogP contribution is 2.14. The molecule has 3 N–H and O–H groups in total. The molecule has 19 heavy (non-hydrogen) atoms. The maximum atomic E-state index is 12.0. The number of nitrogens with two attached hydrogens (primary N) is 1. The van der Waals surface area contributed by atoms with Crippen LogP contribution in [0.4, 0.5) is 5.69 Å². The number of rotatable bonds is 2. The fraction of sp³-hybridized carbons (Fsp3) is 0.143. The van der Waals surface area contributed by atoms with Gasteiger partial charge in [-0.15, -0.1) is 0 Å². The number of hydrogen-bond donors (Lipinski definition) is 2. The van der Waals surface area contributed by atoms with Gasteiger partial charge in [0.1, 0.15) is 0 Å².